The van der Waals surface area contributed by atoms with Crippen LogP contribution in [0.25, 0.3) is 0 Å². The maximum absolute atomic E-state index is 12.8. The first-order valence-corrected chi connectivity index (χ1v) is 7.24. The summed E-state index contributed by atoms with van der Waals surface area (Å²) in [4.78, 5) is 6.70. The molecule has 6 heteroatoms. The summed E-state index contributed by atoms with van der Waals surface area (Å²) in [6, 6.07) is 6.52. The number of anilines is 2. The lowest BCUT2D eigenvalue weighted by Crippen LogP contribution is -2.20. The molecule has 1 aromatic carbocycles. The van der Waals surface area contributed by atoms with Gasteiger partial charge in [0, 0.05) is 19.6 Å². The summed E-state index contributed by atoms with van der Waals surface area (Å²) in [5.74, 6) is 1.21. The second kappa shape index (κ2) is 6.47. The zero-order valence-electron chi connectivity index (χ0n) is 11.8. The van der Waals surface area contributed by atoms with Crippen molar-refractivity contribution in [3.8, 4) is 0 Å². The Hall–Kier alpha value is -2.24. The largest absolute Gasteiger partial charge is 0.355 e. The Morgan fingerprint density at radius 3 is 2.67 bits per heavy atom. The average Bonchev–Trinajstić information content (AvgIpc) is 3.04. The topological polar surface area (TPSA) is 53.9 Å². The second-order valence-corrected chi connectivity index (χ2v) is 5.14. The highest BCUT2D eigenvalue weighted by Crippen LogP contribution is 2.17. The number of nitrogens with one attached hydrogen (secondary N) is 1. The molecule has 2 aromatic rings. The normalized spacial score (nSPS) is 14.4. The highest BCUT2D eigenvalue weighted by molar-refractivity contribution is 5.41. The van der Waals surface area contributed by atoms with E-state index >= 15 is 0 Å². The molecule has 0 radical (unpaired) electrons. The van der Waals surface area contributed by atoms with Crippen molar-refractivity contribution in [3.05, 3.63) is 41.8 Å². The number of hydrogen-bond donors (Lipinski definition) is 1. The Morgan fingerprint density at radius 1 is 1.14 bits per heavy atom. The molecule has 3 rings (SSSR count). The molecule has 0 aliphatic carbocycles. The van der Waals surface area contributed by atoms with E-state index in [0.717, 1.165) is 30.9 Å². The van der Waals surface area contributed by atoms with E-state index in [9.17, 15) is 4.39 Å². The van der Waals surface area contributed by atoms with Crippen LogP contribution in [0.4, 0.5) is 16.2 Å². The van der Waals surface area contributed by atoms with Gasteiger partial charge in [0.2, 0.25) is 5.95 Å². The SMILES string of the molecule is Fc1ccc(CCNc2nncc(N3CCCC3)n2)cc1. The van der Waals surface area contributed by atoms with Gasteiger partial charge in [0.1, 0.15) is 5.82 Å². The molecule has 110 valence electrons. The van der Waals surface area contributed by atoms with Gasteiger partial charge in [-0.05, 0) is 37.0 Å². The second-order valence-electron chi connectivity index (χ2n) is 5.14. The summed E-state index contributed by atoms with van der Waals surface area (Å²) >= 11 is 0. The molecule has 1 aliphatic rings. The summed E-state index contributed by atoms with van der Waals surface area (Å²) in [5, 5.41) is 11.2. The standard InChI is InChI=1S/C15H18FN5/c16-13-5-3-12(4-6-13)7-8-17-15-19-14(11-18-20-15)21-9-1-2-10-21/h3-6,11H,1-2,7-10H2,(H,17,19,20). The predicted octanol–water partition coefficient (Wildman–Crippen LogP) is 2.27. The van der Waals surface area contributed by atoms with Crippen LogP contribution in [0.5, 0.6) is 0 Å². The van der Waals surface area contributed by atoms with E-state index in [2.05, 4.69) is 25.4 Å². The lowest BCUT2D eigenvalue weighted by Gasteiger charge is -2.15. The van der Waals surface area contributed by atoms with Gasteiger partial charge in [0.05, 0.1) is 6.20 Å². The molecule has 5 nitrogen and oxygen atoms in total. The van der Waals surface area contributed by atoms with E-state index in [0.29, 0.717) is 12.5 Å². The Kier molecular flexibility index (Phi) is 4.23. The summed E-state index contributed by atoms with van der Waals surface area (Å²) in [6.07, 6.45) is 4.91. The highest BCUT2D eigenvalue weighted by atomic mass is 19.1. The van der Waals surface area contributed by atoms with Crippen molar-refractivity contribution < 1.29 is 4.39 Å². The van der Waals surface area contributed by atoms with Crippen LogP contribution in [0.2, 0.25) is 0 Å². The lowest BCUT2D eigenvalue weighted by molar-refractivity contribution is 0.627. The van der Waals surface area contributed by atoms with Crippen molar-refractivity contribution in [1.29, 1.82) is 0 Å². The monoisotopic (exact) mass is 287 g/mol. The van der Waals surface area contributed by atoms with Gasteiger partial charge >= 0.3 is 0 Å². The van der Waals surface area contributed by atoms with E-state index in [-0.39, 0.29) is 5.82 Å². The summed E-state index contributed by atoms with van der Waals surface area (Å²) in [7, 11) is 0. The number of nitrogens with zero attached hydrogens (tertiary/aromatic N) is 4. The Bertz CT molecular complexity index is 581. The van der Waals surface area contributed by atoms with Gasteiger partial charge < -0.3 is 10.2 Å². The van der Waals surface area contributed by atoms with Gasteiger partial charge in [-0.1, -0.05) is 12.1 Å². The van der Waals surface area contributed by atoms with Gasteiger partial charge in [0.15, 0.2) is 5.82 Å². The maximum Gasteiger partial charge on any atom is 0.244 e. The zero-order chi connectivity index (χ0) is 14.5. The summed E-state index contributed by atoms with van der Waals surface area (Å²) < 4.78 is 12.8. The third kappa shape index (κ3) is 3.65. The fraction of sp³-hybridized carbons (Fsp3) is 0.400. The smallest absolute Gasteiger partial charge is 0.244 e. The zero-order valence-corrected chi connectivity index (χ0v) is 11.8. The highest BCUT2D eigenvalue weighted by Gasteiger charge is 2.14. The number of halogens is 1. The minimum Gasteiger partial charge on any atom is -0.355 e. The van der Waals surface area contributed by atoms with Crippen LogP contribution in [0.1, 0.15) is 18.4 Å². The van der Waals surface area contributed by atoms with Crippen molar-refractivity contribution in [2.24, 2.45) is 0 Å². The van der Waals surface area contributed by atoms with Gasteiger partial charge in [-0.2, -0.15) is 10.1 Å². The Morgan fingerprint density at radius 2 is 1.90 bits per heavy atom. The van der Waals surface area contributed by atoms with Crippen LogP contribution in [0.3, 0.4) is 0 Å². The first-order chi connectivity index (χ1) is 10.3. The lowest BCUT2D eigenvalue weighted by atomic mass is 10.1. The Balaban J connectivity index is 1.55. The van der Waals surface area contributed by atoms with Crippen LogP contribution in [0, 0.1) is 5.82 Å². The molecule has 0 bridgehead atoms. The van der Waals surface area contributed by atoms with Crippen molar-refractivity contribution in [2.45, 2.75) is 19.3 Å². The van der Waals surface area contributed by atoms with Gasteiger partial charge in [-0.15, -0.1) is 5.10 Å². The van der Waals surface area contributed by atoms with Gasteiger partial charge in [-0.25, -0.2) is 4.39 Å². The van der Waals surface area contributed by atoms with E-state index in [1.165, 1.54) is 25.0 Å². The minimum atomic E-state index is -0.211. The third-order valence-electron chi connectivity index (χ3n) is 3.59. The van der Waals surface area contributed by atoms with E-state index in [1.54, 1.807) is 18.3 Å². The molecule has 1 saturated heterocycles. The minimum absolute atomic E-state index is 0.211. The van der Waals surface area contributed by atoms with E-state index in [1.807, 2.05) is 0 Å². The molecule has 2 heterocycles. The first-order valence-electron chi connectivity index (χ1n) is 7.24. The molecule has 0 atom stereocenters. The average molecular weight is 287 g/mol. The summed E-state index contributed by atoms with van der Waals surface area (Å²) in [6.45, 7) is 2.76. The van der Waals surface area contributed by atoms with Crippen LogP contribution < -0.4 is 10.2 Å². The molecule has 1 aromatic heterocycles. The molecule has 21 heavy (non-hydrogen) atoms. The van der Waals surface area contributed by atoms with Crippen LogP contribution in [0.15, 0.2) is 30.5 Å². The Labute approximate surface area is 123 Å². The van der Waals surface area contributed by atoms with Crippen LogP contribution in [-0.2, 0) is 6.42 Å². The molecule has 0 amide bonds. The number of aromatic nitrogens is 3. The molecule has 0 unspecified atom stereocenters. The summed E-state index contributed by atoms with van der Waals surface area (Å²) in [5.41, 5.74) is 1.08. The van der Waals surface area contributed by atoms with Crippen molar-refractivity contribution in [1.82, 2.24) is 15.2 Å². The molecule has 0 spiro atoms. The van der Waals surface area contributed by atoms with Gasteiger partial charge in [0.25, 0.3) is 0 Å². The van der Waals surface area contributed by atoms with Crippen LogP contribution >= 0.6 is 0 Å². The number of hydrogen-bond acceptors (Lipinski definition) is 5. The first kappa shape index (κ1) is 13.7. The van der Waals surface area contributed by atoms with E-state index in [4.69, 9.17) is 0 Å². The number of rotatable bonds is 5. The number of benzene rings is 1. The van der Waals surface area contributed by atoms with Crippen molar-refractivity contribution >= 4 is 11.8 Å². The van der Waals surface area contributed by atoms with E-state index < -0.39 is 0 Å². The molecule has 1 fully saturated rings. The predicted molar refractivity (Wildman–Crippen MR) is 79.9 cm³/mol. The van der Waals surface area contributed by atoms with Gasteiger partial charge in [-0.3, -0.25) is 0 Å². The van der Waals surface area contributed by atoms with Crippen molar-refractivity contribution in [3.63, 3.8) is 0 Å². The maximum atomic E-state index is 12.8. The van der Waals surface area contributed by atoms with Crippen molar-refractivity contribution in [2.75, 3.05) is 29.9 Å². The molecular weight excluding hydrogens is 269 g/mol. The fourth-order valence-corrected chi connectivity index (χ4v) is 2.44. The quantitative estimate of drug-likeness (QED) is 0.914. The molecule has 1 aliphatic heterocycles. The van der Waals surface area contributed by atoms with Crippen LogP contribution in [-0.4, -0.2) is 34.8 Å². The third-order valence-corrected chi connectivity index (χ3v) is 3.59. The molecular formula is C15H18FN5. The fourth-order valence-electron chi connectivity index (χ4n) is 2.44. The molecule has 1 N–H and O–H groups in total. The molecule has 0 saturated carbocycles.